The summed E-state index contributed by atoms with van der Waals surface area (Å²) in [5.41, 5.74) is -0.543. The molecule has 8 heteroatoms. The van der Waals surface area contributed by atoms with Gasteiger partial charge in [-0.2, -0.15) is 8.42 Å². The molecular weight excluding hydrogens is 226 g/mol. The second kappa shape index (κ2) is 5.29. The van der Waals surface area contributed by atoms with Gasteiger partial charge in [-0.15, -0.1) is 0 Å². The van der Waals surface area contributed by atoms with Crippen LogP contribution in [0.25, 0.3) is 0 Å². The van der Waals surface area contributed by atoms with Gasteiger partial charge in [0.05, 0.1) is 6.61 Å². The first-order chi connectivity index (χ1) is 6.62. The molecule has 0 atom stereocenters. The zero-order valence-corrected chi connectivity index (χ0v) is 9.37. The van der Waals surface area contributed by atoms with E-state index in [-0.39, 0.29) is 13.2 Å². The summed E-state index contributed by atoms with van der Waals surface area (Å²) >= 11 is 0. The highest BCUT2D eigenvalue weighted by Gasteiger charge is 2.21. The van der Waals surface area contributed by atoms with Crippen molar-refractivity contribution in [3.05, 3.63) is 0 Å². The van der Waals surface area contributed by atoms with Crippen LogP contribution in [0.5, 0.6) is 0 Å². The Hall–Kier alpha value is -0.860. The lowest BCUT2D eigenvalue weighted by Crippen LogP contribution is -2.29. The Morgan fingerprint density at radius 2 is 2.00 bits per heavy atom. The Bertz CT molecular complexity index is 309. The molecule has 0 aliphatic carbocycles. The molecular formula is C7H15NO6S. The number of hydrogen-bond acceptors (Lipinski definition) is 4. The van der Waals surface area contributed by atoms with Crippen molar-refractivity contribution >= 4 is 16.5 Å². The van der Waals surface area contributed by atoms with E-state index in [0.717, 1.165) is 0 Å². The molecule has 0 aromatic heterocycles. The molecule has 0 radical (unpaired) electrons. The summed E-state index contributed by atoms with van der Waals surface area (Å²) in [4.78, 5) is 10.1. The molecule has 3 N–H and O–H groups in total. The van der Waals surface area contributed by atoms with Crippen molar-refractivity contribution in [2.45, 2.75) is 20.3 Å². The van der Waals surface area contributed by atoms with Crippen LogP contribution in [0, 0.1) is 5.41 Å². The minimum Gasteiger partial charge on any atom is -0.465 e. The molecule has 1 amide bonds. The lowest BCUT2D eigenvalue weighted by Gasteiger charge is -2.22. The second-order valence-corrected chi connectivity index (χ2v) is 4.93. The zero-order chi connectivity index (χ0) is 12.1. The van der Waals surface area contributed by atoms with E-state index in [1.165, 1.54) is 0 Å². The predicted octanol–water partition coefficient (Wildman–Crippen LogP) is 0.490. The number of hydrogen-bond donors (Lipinski definition) is 3. The molecule has 0 bridgehead atoms. The van der Waals surface area contributed by atoms with E-state index in [4.69, 9.17) is 9.66 Å². The molecule has 0 saturated heterocycles. The summed E-state index contributed by atoms with van der Waals surface area (Å²) in [6.07, 6.45) is -0.740. The van der Waals surface area contributed by atoms with Gasteiger partial charge in [-0.3, -0.25) is 4.55 Å². The molecule has 90 valence electrons. The summed E-state index contributed by atoms with van der Waals surface area (Å²) in [5, 5.41) is 10.4. The van der Waals surface area contributed by atoms with Crippen LogP contribution in [0.3, 0.4) is 0 Å². The Kier molecular flexibility index (Phi) is 4.98. The molecule has 7 nitrogen and oxygen atoms in total. The third kappa shape index (κ3) is 9.44. The Morgan fingerprint density at radius 1 is 1.47 bits per heavy atom. The van der Waals surface area contributed by atoms with Gasteiger partial charge in [-0.1, -0.05) is 13.8 Å². The maximum atomic E-state index is 10.3. The van der Waals surface area contributed by atoms with E-state index in [0.29, 0.717) is 6.42 Å². The smallest absolute Gasteiger partial charge is 0.404 e. The maximum absolute atomic E-state index is 10.3. The number of carbonyl (C=O) groups is 1. The Balaban J connectivity index is 3.92. The standard InChI is InChI=1S/C7H15NO6S/c1-7(2,3-4-8-6(9)10)5-14-15(11,12)13/h8H,3-5H2,1-2H3,(H,9,10)(H,11,12,13). The molecule has 15 heavy (non-hydrogen) atoms. The predicted molar refractivity (Wildman–Crippen MR) is 51.9 cm³/mol. The normalized spacial score (nSPS) is 12.5. The monoisotopic (exact) mass is 241 g/mol. The van der Waals surface area contributed by atoms with Gasteiger partial charge in [-0.25, -0.2) is 8.98 Å². The van der Waals surface area contributed by atoms with E-state index in [1.807, 2.05) is 0 Å². The molecule has 0 unspecified atom stereocenters. The molecule has 0 rings (SSSR count). The van der Waals surface area contributed by atoms with E-state index in [9.17, 15) is 13.2 Å². The van der Waals surface area contributed by atoms with E-state index in [2.05, 4.69) is 9.50 Å². The van der Waals surface area contributed by atoms with Crippen LogP contribution < -0.4 is 5.32 Å². The largest absolute Gasteiger partial charge is 0.465 e. The van der Waals surface area contributed by atoms with Crippen LogP contribution in [0.2, 0.25) is 0 Å². The van der Waals surface area contributed by atoms with Crippen molar-refractivity contribution in [1.82, 2.24) is 5.32 Å². The molecule has 0 heterocycles. The minimum absolute atomic E-state index is 0.192. The van der Waals surface area contributed by atoms with Crippen LogP contribution >= 0.6 is 0 Å². The SMILES string of the molecule is CC(C)(CCNC(=O)O)COS(=O)(=O)O. The van der Waals surface area contributed by atoms with Gasteiger partial charge in [0.1, 0.15) is 0 Å². The number of carboxylic acid groups (broad SMARTS) is 1. The van der Waals surface area contributed by atoms with Crippen molar-refractivity contribution in [3.63, 3.8) is 0 Å². The number of amides is 1. The van der Waals surface area contributed by atoms with Crippen LogP contribution in [0.4, 0.5) is 4.79 Å². The van der Waals surface area contributed by atoms with Crippen LogP contribution in [0.1, 0.15) is 20.3 Å². The summed E-state index contributed by atoms with van der Waals surface area (Å²) in [7, 11) is -4.44. The zero-order valence-electron chi connectivity index (χ0n) is 8.56. The summed E-state index contributed by atoms with van der Waals surface area (Å²) in [5.74, 6) is 0. The van der Waals surface area contributed by atoms with Gasteiger partial charge in [0.15, 0.2) is 0 Å². The summed E-state index contributed by atoms with van der Waals surface area (Å²) in [6.45, 7) is 3.38. The maximum Gasteiger partial charge on any atom is 0.404 e. The topological polar surface area (TPSA) is 113 Å². The van der Waals surface area contributed by atoms with Gasteiger partial charge in [0.25, 0.3) is 0 Å². The number of nitrogens with one attached hydrogen (secondary N) is 1. The summed E-state index contributed by atoms with van der Waals surface area (Å²) in [6, 6.07) is 0. The van der Waals surface area contributed by atoms with Crippen LogP contribution in [0.15, 0.2) is 0 Å². The minimum atomic E-state index is -4.44. The second-order valence-electron chi connectivity index (χ2n) is 3.84. The molecule has 0 aromatic rings. The van der Waals surface area contributed by atoms with Crippen LogP contribution in [-0.4, -0.2) is 37.3 Å². The lowest BCUT2D eigenvalue weighted by molar-refractivity contribution is 0.154. The first-order valence-corrected chi connectivity index (χ1v) is 5.57. The fraction of sp³-hybridized carbons (Fsp3) is 0.857. The van der Waals surface area contributed by atoms with Crippen LogP contribution in [-0.2, 0) is 14.6 Å². The first-order valence-electron chi connectivity index (χ1n) is 4.21. The Morgan fingerprint density at radius 3 is 2.40 bits per heavy atom. The Labute approximate surface area is 88.4 Å². The van der Waals surface area contributed by atoms with Crippen molar-refractivity contribution < 1.29 is 27.1 Å². The van der Waals surface area contributed by atoms with Gasteiger partial charge < -0.3 is 10.4 Å². The number of rotatable bonds is 6. The highest BCUT2D eigenvalue weighted by Crippen LogP contribution is 2.20. The molecule has 0 fully saturated rings. The van der Waals surface area contributed by atoms with Crippen molar-refractivity contribution in [1.29, 1.82) is 0 Å². The average Bonchev–Trinajstić information content (AvgIpc) is 1.99. The molecule has 0 aromatic carbocycles. The molecule has 0 aliphatic rings. The third-order valence-electron chi connectivity index (χ3n) is 1.68. The van der Waals surface area contributed by atoms with Crippen molar-refractivity contribution in [3.8, 4) is 0 Å². The van der Waals surface area contributed by atoms with Gasteiger partial charge in [-0.05, 0) is 11.8 Å². The van der Waals surface area contributed by atoms with Crippen molar-refractivity contribution in [2.24, 2.45) is 5.41 Å². The fourth-order valence-electron chi connectivity index (χ4n) is 0.814. The van der Waals surface area contributed by atoms with E-state index < -0.39 is 21.9 Å². The van der Waals surface area contributed by atoms with Gasteiger partial charge in [0.2, 0.25) is 0 Å². The third-order valence-corrected chi connectivity index (χ3v) is 2.09. The fourth-order valence-corrected chi connectivity index (χ4v) is 1.28. The lowest BCUT2D eigenvalue weighted by atomic mass is 9.91. The molecule has 0 aliphatic heterocycles. The van der Waals surface area contributed by atoms with E-state index in [1.54, 1.807) is 13.8 Å². The average molecular weight is 241 g/mol. The van der Waals surface area contributed by atoms with Crippen molar-refractivity contribution in [2.75, 3.05) is 13.2 Å². The molecule has 0 saturated carbocycles. The quantitative estimate of drug-likeness (QED) is 0.583. The highest BCUT2D eigenvalue weighted by atomic mass is 32.3. The highest BCUT2D eigenvalue weighted by molar-refractivity contribution is 7.80. The first kappa shape index (κ1) is 14.1. The van der Waals surface area contributed by atoms with Gasteiger partial charge in [0, 0.05) is 6.54 Å². The van der Waals surface area contributed by atoms with Gasteiger partial charge >= 0.3 is 16.5 Å². The van der Waals surface area contributed by atoms with E-state index >= 15 is 0 Å². The molecule has 0 spiro atoms. The summed E-state index contributed by atoms with van der Waals surface area (Å²) < 4.78 is 33.1.